The Labute approximate surface area is 215 Å². The van der Waals surface area contributed by atoms with E-state index in [1.54, 1.807) is 30.5 Å². The number of ketones is 1. The normalized spacial score (nSPS) is 17.2. The zero-order chi connectivity index (χ0) is 26.0. The van der Waals surface area contributed by atoms with Crippen molar-refractivity contribution in [1.82, 2.24) is 15.0 Å². The number of nitrogens with one attached hydrogen (secondary N) is 2. The second-order valence-corrected chi connectivity index (χ2v) is 10.4. The van der Waals surface area contributed by atoms with Gasteiger partial charge in [0.25, 0.3) is 0 Å². The van der Waals surface area contributed by atoms with Crippen molar-refractivity contribution in [1.29, 1.82) is 0 Å². The lowest BCUT2D eigenvalue weighted by atomic mass is 9.78. The quantitative estimate of drug-likeness (QED) is 0.230. The molecule has 0 aliphatic heterocycles. The molecule has 1 saturated carbocycles. The van der Waals surface area contributed by atoms with Crippen molar-refractivity contribution in [2.75, 3.05) is 5.32 Å². The Bertz CT molecular complexity index is 1400. The van der Waals surface area contributed by atoms with Gasteiger partial charge in [-0.15, -0.1) is 0 Å². The molecular formula is C29H30N4O4. The van der Waals surface area contributed by atoms with Crippen LogP contribution in [0.15, 0.2) is 67.1 Å². The van der Waals surface area contributed by atoms with Crippen molar-refractivity contribution in [3.05, 3.63) is 78.2 Å². The highest BCUT2D eigenvalue weighted by atomic mass is 16.6. The second kappa shape index (κ2) is 10.0. The summed E-state index contributed by atoms with van der Waals surface area (Å²) >= 11 is 0. The van der Waals surface area contributed by atoms with Crippen LogP contribution in [0.1, 0.15) is 56.0 Å². The molecule has 0 amide bonds. The first-order valence-corrected chi connectivity index (χ1v) is 12.4. The lowest BCUT2D eigenvalue weighted by Crippen LogP contribution is -2.38. The maximum Gasteiger partial charge on any atom is 0.306 e. The van der Waals surface area contributed by atoms with Gasteiger partial charge in [-0.2, -0.15) is 0 Å². The smallest absolute Gasteiger partial charge is 0.306 e. The van der Waals surface area contributed by atoms with Gasteiger partial charge in [0, 0.05) is 24.2 Å². The van der Waals surface area contributed by atoms with E-state index in [1.807, 2.05) is 51.1 Å². The van der Waals surface area contributed by atoms with Crippen LogP contribution >= 0.6 is 0 Å². The summed E-state index contributed by atoms with van der Waals surface area (Å²) in [6, 6.07) is 16.7. The highest BCUT2D eigenvalue weighted by Crippen LogP contribution is 2.35. The number of anilines is 1. The highest BCUT2D eigenvalue weighted by Gasteiger charge is 2.33. The standard InChI is InChI=1S/C29H30N4O4/c1-29(2,3)37-24(34)15-18-13-20(14-18)33-28-25-23(16-30-27(25)31-17-32-28)26(35)19-9-11-22(12-10-19)36-21-7-5-4-6-8-21/h4-12,16-18,20H,13-15H2,1-3H3,(H2,30,31,32,33). The van der Waals surface area contributed by atoms with Crippen LogP contribution in [-0.4, -0.2) is 38.3 Å². The molecule has 2 aromatic carbocycles. The second-order valence-electron chi connectivity index (χ2n) is 10.4. The van der Waals surface area contributed by atoms with E-state index in [2.05, 4.69) is 20.3 Å². The number of benzene rings is 2. The fraction of sp³-hybridized carbons (Fsp3) is 0.310. The van der Waals surface area contributed by atoms with E-state index in [0.29, 0.717) is 40.1 Å². The Balaban J connectivity index is 1.26. The van der Waals surface area contributed by atoms with Crippen LogP contribution in [-0.2, 0) is 9.53 Å². The number of rotatable bonds is 8. The summed E-state index contributed by atoms with van der Waals surface area (Å²) in [6.45, 7) is 5.62. The molecule has 5 rings (SSSR count). The molecule has 8 heteroatoms. The molecular weight excluding hydrogens is 468 g/mol. The van der Waals surface area contributed by atoms with Gasteiger partial charge in [0.2, 0.25) is 0 Å². The zero-order valence-electron chi connectivity index (χ0n) is 21.2. The summed E-state index contributed by atoms with van der Waals surface area (Å²) in [5.74, 6) is 1.97. The lowest BCUT2D eigenvalue weighted by Gasteiger charge is -2.36. The molecule has 190 valence electrons. The molecule has 0 radical (unpaired) electrons. The SMILES string of the molecule is CC(C)(C)OC(=O)CC1CC(Nc2ncnc3[nH]cc(C(=O)c4ccc(Oc5ccccc5)cc4)c23)C1. The average Bonchev–Trinajstić information content (AvgIpc) is 3.27. The fourth-order valence-electron chi connectivity index (χ4n) is 4.54. The van der Waals surface area contributed by atoms with E-state index < -0.39 is 5.60 Å². The molecule has 2 aromatic heterocycles. The van der Waals surface area contributed by atoms with Crippen LogP contribution in [0.3, 0.4) is 0 Å². The lowest BCUT2D eigenvalue weighted by molar-refractivity contribution is -0.156. The van der Waals surface area contributed by atoms with Gasteiger partial charge in [-0.05, 0) is 75.9 Å². The maximum absolute atomic E-state index is 13.4. The van der Waals surface area contributed by atoms with Crippen LogP contribution < -0.4 is 10.1 Å². The Morgan fingerprint density at radius 2 is 1.70 bits per heavy atom. The molecule has 0 spiro atoms. The number of carbonyl (C=O) groups excluding carboxylic acids is 2. The largest absolute Gasteiger partial charge is 0.460 e. The van der Waals surface area contributed by atoms with Gasteiger partial charge in [-0.3, -0.25) is 9.59 Å². The van der Waals surface area contributed by atoms with E-state index in [-0.39, 0.29) is 23.7 Å². The summed E-state index contributed by atoms with van der Waals surface area (Å²) in [7, 11) is 0. The van der Waals surface area contributed by atoms with Crippen molar-refractivity contribution in [2.45, 2.75) is 51.7 Å². The van der Waals surface area contributed by atoms with Gasteiger partial charge in [0.05, 0.1) is 10.9 Å². The Morgan fingerprint density at radius 1 is 1.00 bits per heavy atom. The van der Waals surface area contributed by atoms with Crippen molar-refractivity contribution >= 4 is 28.6 Å². The predicted octanol–water partition coefficient (Wildman–Crippen LogP) is 5.90. The van der Waals surface area contributed by atoms with Crippen LogP contribution in [0.25, 0.3) is 11.0 Å². The van der Waals surface area contributed by atoms with Crippen LogP contribution in [0.5, 0.6) is 11.5 Å². The first kappa shape index (κ1) is 24.5. The number of fused-ring (bicyclic) bond motifs is 1. The average molecular weight is 499 g/mol. The van der Waals surface area contributed by atoms with Crippen molar-refractivity contribution < 1.29 is 19.1 Å². The molecule has 1 fully saturated rings. The van der Waals surface area contributed by atoms with Crippen LogP contribution in [0.4, 0.5) is 5.82 Å². The molecule has 0 bridgehead atoms. The minimum atomic E-state index is -0.475. The van der Waals surface area contributed by atoms with Gasteiger partial charge < -0.3 is 19.8 Å². The monoisotopic (exact) mass is 498 g/mol. The predicted molar refractivity (Wildman–Crippen MR) is 141 cm³/mol. The molecule has 2 heterocycles. The molecule has 4 aromatic rings. The maximum atomic E-state index is 13.4. The summed E-state index contributed by atoms with van der Waals surface area (Å²) in [5.41, 5.74) is 1.16. The third-order valence-corrected chi connectivity index (χ3v) is 6.26. The Kier molecular flexibility index (Phi) is 6.65. The van der Waals surface area contributed by atoms with Gasteiger partial charge in [0.1, 0.15) is 34.9 Å². The van der Waals surface area contributed by atoms with Gasteiger partial charge >= 0.3 is 5.97 Å². The molecule has 0 atom stereocenters. The summed E-state index contributed by atoms with van der Waals surface area (Å²) < 4.78 is 11.3. The summed E-state index contributed by atoms with van der Waals surface area (Å²) in [6.07, 6.45) is 5.23. The van der Waals surface area contributed by atoms with Gasteiger partial charge in [-0.1, -0.05) is 18.2 Å². The van der Waals surface area contributed by atoms with Crippen molar-refractivity contribution in [3.63, 3.8) is 0 Å². The minimum Gasteiger partial charge on any atom is -0.460 e. The third-order valence-electron chi connectivity index (χ3n) is 6.26. The molecule has 2 N–H and O–H groups in total. The number of ether oxygens (including phenoxy) is 2. The Morgan fingerprint density at radius 3 is 2.41 bits per heavy atom. The van der Waals surface area contributed by atoms with Crippen LogP contribution in [0.2, 0.25) is 0 Å². The summed E-state index contributed by atoms with van der Waals surface area (Å²) in [5, 5.41) is 4.11. The topological polar surface area (TPSA) is 106 Å². The van der Waals surface area contributed by atoms with E-state index in [0.717, 1.165) is 18.6 Å². The number of aromatic amines is 1. The first-order valence-electron chi connectivity index (χ1n) is 12.4. The number of aromatic nitrogens is 3. The van der Waals surface area contributed by atoms with E-state index in [1.165, 1.54) is 6.33 Å². The van der Waals surface area contributed by atoms with E-state index >= 15 is 0 Å². The molecule has 0 unspecified atom stereocenters. The molecule has 0 saturated heterocycles. The van der Waals surface area contributed by atoms with Gasteiger partial charge in [-0.25, -0.2) is 9.97 Å². The molecule has 1 aliphatic rings. The molecule has 37 heavy (non-hydrogen) atoms. The Hall–Kier alpha value is -4.20. The van der Waals surface area contributed by atoms with E-state index in [4.69, 9.17) is 9.47 Å². The van der Waals surface area contributed by atoms with Crippen molar-refractivity contribution in [2.24, 2.45) is 5.92 Å². The number of nitrogens with zero attached hydrogens (tertiary/aromatic N) is 2. The number of carbonyl (C=O) groups is 2. The third kappa shape index (κ3) is 5.80. The van der Waals surface area contributed by atoms with Crippen LogP contribution in [0, 0.1) is 5.92 Å². The minimum absolute atomic E-state index is 0.133. The van der Waals surface area contributed by atoms with E-state index in [9.17, 15) is 9.59 Å². The zero-order valence-corrected chi connectivity index (χ0v) is 21.2. The number of H-pyrrole nitrogens is 1. The van der Waals surface area contributed by atoms with Crippen molar-refractivity contribution in [3.8, 4) is 11.5 Å². The number of hydrogen-bond acceptors (Lipinski definition) is 7. The summed E-state index contributed by atoms with van der Waals surface area (Å²) in [4.78, 5) is 37.3. The first-order chi connectivity index (χ1) is 17.7. The van der Waals surface area contributed by atoms with Gasteiger partial charge in [0.15, 0.2) is 5.78 Å². The molecule has 1 aliphatic carbocycles. The number of para-hydroxylation sites is 1. The fourth-order valence-corrected chi connectivity index (χ4v) is 4.54. The highest BCUT2D eigenvalue weighted by molar-refractivity contribution is 6.18. The molecule has 8 nitrogen and oxygen atoms in total. The number of esters is 1. The number of hydrogen-bond donors (Lipinski definition) is 2.